The van der Waals surface area contributed by atoms with Gasteiger partial charge in [-0.25, -0.2) is 0 Å². The molecule has 0 aromatic heterocycles. The molecule has 3 nitrogen and oxygen atoms in total. The van der Waals surface area contributed by atoms with Gasteiger partial charge in [0.1, 0.15) is 0 Å². The Labute approximate surface area is 145 Å². The summed E-state index contributed by atoms with van der Waals surface area (Å²) in [6.45, 7) is 7.72. The largest absolute Gasteiger partial charge is 0.387 e. The predicted molar refractivity (Wildman–Crippen MR) is 100 cm³/mol. The van der Waals surface area contributed by atoms with Gasteiger partial charge >= 0.3 is 0 Å². The van der Waals surface area contributed by atoms with Gasteiger partial charge in [-0.15, -0.1) is 12.4 Å². The van der Waals surface area contributed by atoms with Crippen LogP contribution < -0.4 is 10.2 Å². The minimum absolute atomic E-state index is 0. The van der Waals surface area contributed by atoms with Crippen molar-refractivity contribution in [3.63, 3.8) is 0 Å². The van der Waals surface area contributed by atoms with Crippen LogP contribution in [0.5, 0.6) is 0 Å². The Morgan fingerprint density at radius 1 is 0.957 bits per heavy atom. The van der Waals surface area contributed by atoms with Crippen LogP contribution in [0, 0.1) is 0 Å². The summed E-state index contributed by atoms with van der Waals surface area (Å²) in [4.78, 5) is 2.33. The Morgan fingerprint density at radius 2 is 1.57 bits per heavy atom. The van der Waals surface area contributed by atoms with Crippen molar-refractivity contribution in [2.45, 2.75) is 26.5 Å². The molecule has 1 unspecified atom stereocenters. The topological polar surface area (TPSA) is 35.5 Å². The summed E-state index contributed by atoms with van der Waals surface area (Å²) >= 11 is 0. The van der Waals surface area contributed by atoms with Gasteiger partial charge in [0.2, 0.25) is 0 Å². The number of benzene rings is 2. The number of rotatable bonds is 8. The first kappa shape index (κ1) is 19.5. The fourth-order valence-corrected chi connectivity index (χ4v) is 2.56. The first-order valence-corrected chi connectivity index (χ1v) is 8.02. The van der Waals surface area contributed by atoms with Crippen molar-refractivity contribution in [1.29, 1.82) is 0 Å². The van der Waals surface area contributed by atoms with Crippen LogP contribution in [0.3, 0.4) is 0 Å². The van der Waals surface area contributed by atoms with Crippen molar-refractivity contribution in [2.75, 3.05) is 24.5 Å². The Morgan fingerprint density at radius 3 is 2.13 bits per heavy atom. The summed E-state index contributed by atoms with van der Waals surface area (Å²) in [5.74, 6) is 0. The van der Waals surface area contributed by atoms with Gasteiger partial charge in [0.25, 0.3) is 0 Å². The monoisotopic (exact) mass is 334 g/mol. The molecule has 0 amide bonds. The van der Waals surface area contributed by atoms with E-state index in [4.69, 9.17) is 0 Å². The average Bonchev–Trinajstić information content (AvgIpc) is 2.58. The minimum Gasteiger partial charge on any atom is -0.387 e. The first-order chi connectivity index (χ1) is 10.7. The molecule has 2 aromatic rings. The molecule has 0 radical (unpaired) electrons. The second-order valence-electron chi connectivity index (χ2n) is 5.40. The van der Waals surface area contributed by atoms with E-state index < -0.39 is 6.10 Å². The molecule has 0 spiro atoms. The molecule has 2 N–H and O–H groups in total. The molecule has 0 bridgehead atoms. The lowest BCUT2D eigenvalue weighted by molar-refractivity contribution is 0.174. The van der Waals surface area contributed by atoms with Gasteiger partial charge < -0.3 is 15.3 Å². The number of anilines is 1. The molecule has 126 valence electrons. The Balaban J connectivity index is 0.00000264. The highest BCUT2D eigenvalue weighted by Gasteiger charge is 2.06. The number of aliphatic hydroxyl groups is 1. The molecule has 0 aliphatic rings. The highest BCUT2D eigenvalue weighted by atomic mass is 35.5. The van der Waals surface area contributed by atoms with E-state index in [9.17, 15) is 5.11 Å². The number of hydrogen-bond donors (Lipinski definition) is 2. The normalized spacial score (nSPS) is 11.6. The van der Waals surface area contributed by atoms with Gasteiger partial charge in [0.05, 0.1) is 6.10 Å². The zero-order chi connectivity index (χ0) is 15.8. The third kappa shape index (κ3) is 5.87. The van der Waals surface area contributed by atoms with E-state index in [2.05, 4.69) is 48.3 Å². The lowest BCUT2D eigenvalue weighted by atomic mass is 10.1. The SMILES string of the molecule is CCN(CC)c1ccc(CNCC(O)c2ccccc2)cc1.Cl. The summed E-state index contributed by atoms with van der Waals surface area (Å²) in [5, 5.41) is 13.4. The fraction of sp³-hybridized carbons (Fsp3) is 0.368. The van der Waals surface area contributed by atoms with Crippen LogP contribution in [0.2, 0.25) is 0 Å². The molecule has 0 fully saturated rings. The Bertz CT molecular complexity index is 541. The van der Waals surface area contributed by atoms with E-state index in [0.29, 0.717) is 6.54 Å². The molecule has 23 heavy (non-hydrogen) atoms. The lowest BCUT2D eigenvalue weighted by Crippen LogP contribution is -2.22. The standard InChI is InChI=1S/C19H26N2O.ClH/c1-3-21(4-2)18-12-10-16(11-13-18)14-20-15-19(22)17-8-6-5-7-9-17;/h5-13,19-20,22H,3-4,14-15H2,1-2H3;1H. The maximum Gasteiger partial charge on any atom is 0.0914 e. The van der Waals surface area contributed by atoms with E-state index in [0.717, 1.165) is 25.2 Å². The quantitative estimate of drug-likeness (QED) is 0.771. The second kappa shape index (κ2) is 10.3. The molecule has 2 aromatic carbocycles. The highest BCUT2D eigenvalue weighted by molar-refractivity contribution is 5.85. The third-order valence-electron chi connectivity index (χ3n) is 3.92. The number of aliphatic hydroxyl groups excluding tert-OH is 1. The van der Waals surface area contributed by atoms with Crippen LogP contribution in [0.4, 0.5) is 5.69 Å². The zero-order valence-electron chi connectivity index (χ0n) is 13.9. The molecular weight excluding hydrogens is 308 g/mol. The third-order valence-corrected chi connectivity index (χ3v) is 3.92. The van der Waals surface area contributed by atoms with Crippen molar-refractivity contribution >= 4 is 18.1 Å². The van der Waals surface area contributed by atoms with Crippen LogP contribution in [0.15, 0.2) is 54.6 Å². The van der Waals surface area contributed by atoms with Gasteiger partial charge in [-0.2, -0.15) is 0 Å². The predicted octanol–water partition coefficient (Wildman–Crippen LogP) is 3.78. The van der Waals surface area contributed by atoms with Gasteiger partial charge in [0.15, 0.2) is 0 Å². The average molecular weight is 335 g/mol. The van der Waals surface area contributed by atoms with Crippen molar-refractivity contribution in [3.05, 3.63) is 65.7 Å². The van der Waals surface area contributed by atoms with Gasteiger partial charge in [-0.1, -0.05) is 42.5 Å². The molecule has 1 atom stereocenters. The zero-order valence-corrected chi connectivity index (χ0v) is 14.7. The van der Waals surface area contributed by atoms with E-state index in [1.807, 2.05) is 30.3 Å². The van der Waals surface area contributed by atoms with Crippen molar-refractivity contribution < 1.29 is 5.11 Å². The lowest BCUT2D eigenvalue weighted by Gasteiger charge is -2.21. The summed E-state index contributed by atoms with van der Waals surface area (Å²) in [5.41, 5.74) is 3.45. The van der Waals surface area contributed by atoms with Crippen LogP contribution in [-0.4, -0.2) is 24.7 Å². The molecule has 0 aliphatic heterocycles. The minimum atomic E-state index is -0.462. The molecule has 2 rings (SSSR count). The molecule has 0 saturated carbocycles. The second-order valence-corrected chi connectivity index (χ2v) is 5.40. The molecular formula is C19H27ClN2O. The molecule has 0 saturated heterocycles. The maximum absolute atomic E-state index is 10.1. The maximum atomic E-state index is 10.1. The Hall–Kier alpha value is -1.55. The summed E-state index contributed by atoms with van der Waals surface area (Å²) < 4.78 is 0. The fourth-order valence-electron chi connectivity index (χ4n) is 2.56. The van der Waals surface area contributed by atoms with Crippen LogP contribution in [-0.2, 0) is 6.54 Å². The summed E-state index contributed by atoms with van der Waals surface area (Å²) in [6.07, 6.45) is -0.462. The van der Waals surface area contributed by atoms with Crippen LogP contribution in [0.25, 0.3) is 0 Å². The molecule has 0 aliphatic carbocycles. The van der Waals surface area contributed by atoms with Crippen LogP contribution >= 0.6 is 12.4 Å². The summed E-state index contributed by atoms with van der Waals surface area (Å²) in [7, 11) is 0. The first-order valence-electron chi connectivity index (χ1n) is 8.02. The van der Waals surface area contributed by atoms with E-state index in [1.165, 1.54) is 11.3 Å². The van der Waals surface area contributed by atoms with E-state index >= 15 is 0 Å². The number of nitrogens with zero attached hydrogens (tertiary/aromatic N) is 1. The van der Waals surface area contributed by atoms with Crippen molar-refractivity contribution in [1.82, 2.24) is 5.32 Å². The highest BCUT2D eigenvalue weighted by Crippen LogP contribution is 2.15. The molecule has 0 heterocycles. The van der Waals surface area contributed by atoms with Gasteiger partial charge in [-0.3, -0.25) is 0 Å². The van der Waals surface area contributed by atoms with Crippen molar-refractivity contribution in [2.24, 2.45) is 0 Å². The van der Waals surface area contributed by atoms with E-state index in [-0.39, 0.29) is 12.4 Å². The molecule has 4 heteroatoms. The smallest absolute Gasteiger partial charge is 0.0914 e. The van der Waals surface area contributed by atoms with Crippen molar-refractivity contribution in [3.8, 4) is 0 Å². The van der Waals surface area contributed by atoms with Gasteiger partial charge in [-0.05, 0) is 37.1 Å². The van der Waals surface area contributed by atoms with Gasteiger partial charge in [0, 0.05) is 31.9 Å². The summed E-state index contributed by atoms with van der Waals surface area (Å²) in [6, 6.07) is 18.4. The van der Waals surface area contributed by atoms with Crippen LogP contribution in [0.1, 0.15) is 31.1 Å². The number of nitrogens with one attached hydrogen (secondary N) is 1. The van der Waals surface area contributed by atoms with E-state index in [1.54, 1.807) is 0 Å². The Kier molecular flexibility index (Phi) is 8.70. The number of hydrogen-bond acceptors (Lipinski definition) is 3. The number of halogens is 1.